The summed E-state index contributed by atoms with van der Waals surface area (Å²) in [5, 5.41) is 3.92. The molecule has 0 aliphatic rings. The molecule has 2 aromatic carbocycles. The van der Waals surface area contributed by atoms with Gasteiger partial charge in [0.2, 0.25) is 5.89 Å². The van der Waals surface area contributed by atoms with Crippen LogP contribution in [0.1, 0.15) is 18.6 Å². The van der Waals surface area contributed by atoms with Crippen molar-refractivity contribution in [1.29, 1.82) is 0 Å². The third-order valence-corrected chi connectivity index (χ3v) is 5.84. The van der Waals surface area contributed by atoms with Crippen molar-refractivity contribution in [2.75, 3.05) is 4.72 Å². The average molecular weight is 453 g/mol. The second kappa shape index (κ2) is 7.58. The van der Waals surface area contributed by atoms with Crippen LogP contribution in [0.15, 0.2) is 55.0 Å². The average Bonchev–Trinajstić information content (AvgIpc) is 3.28. The van der Waals surface area contributed by atoms with E-state index in [9.17, 15) is 17.6 Å². The minimum atomic E-state index is -4.15. The Labute approximate surface area is 174 Å². The van der Waals surface area contributed by atoms with Gasteiger partial charge in [0.15, 0.2) is 11.4 Å². The molecule has 12 heteroatoms. The summed E-state index contributed by atoms with van der Waals surface area (Å²) in [6.07, 6.45) is 0.552. The van der Waals surface area contributed by atoms with Crippen molar-refractivity contribution in [3.63, 3.8) is 0 Å². The highest BCUT2D eigenvalue weighted by Gasteiger charge is 2.20. The maximum absolute atomic E-state index is 13.9. The maximum Gasteiger partial charge on any atom is 0.420 e. The molecule has 0 aliphatic heterocycles. The Bertz CT molecular complexity index is 1410. The molecule has 4 aromatic rings. The monoisotopic (exact) mass is 452 g/mol. The van der Waals surface area contributed by atoms with Gasteiger partial charge in [-0.05, 0) is 30.3 Å². The number of hydrogen-bond acceptors (Lipinski definition) is 7. The molecule has 30 heavy (non-hydrogen) atoms. The van der Waals surface area contributed by atoms with Crippen molar-refractivity contribution >= 4 is 38.4 Å². The van der Waals surface area contributed by atoms with Gasteiger partial charge in [0, 0.05) is 17.5 Å². The lowest BCUT2D eigenvalue weighted by atomic mass is 10.3. The number of nitrogens with zero attached hydrogens (tertiary/aromatic N) is 3. The smallest absolute Gasteiger partial charge is 0.408 e. The molecule has 0 atom stereocenters. The number of fused-ring (bicyclic) bond motifs is 1. The standard InChI is InChI=1S/C18H14ClFN4O5S/c1-2-17-21-16(22-29-17)9-24-14-6-4-11(8-15(14)28-18(24)25)30(26,27)23-13-5-3-10(19)7-12(13)20/h3-8,23H,2,9H2,1H3. The highest BCUT2D eigenvalue weighted by Crippen LogP contribution is 2.24. The Morgan fingerprint density at radius 3 is 2.73 bits per heavy atom. The van der Waals surface area contributed by atoms with Crippen LogP contribution in [-0.2, 0) is 23.0 Å². The molecule has 0 amide bonds. The van der Waals surface area contributed by atoms with Crippen molar-refractivity contribution in [2.24, 2.45) is 0 Å². The Balaban J connectivity index is 1.67. The van der Waals surface area contributed by atoms with Gasteiger partial charge in [-0.25, -0.2) is 17.6 Å². The van der Waals surface area contributed by atoms with Gasteiger partial charge in [-0.2, -0.15) is 4.98 Å². The maximum atomic E-state index is 13.9. The van der Waals surface area contributed by atoms with Gasteiger partial charge in [0.1, 0.15) is 5.82 Å². The van der Waals surface area contributed by atoms with Gasteiger partial charge in [-0.1, -0.05) is 23.7 Å². The van der Waals surface area contributed by atoms with Crippen LogP contribution in [0, 0.1) is 5.82 Å². The van der Waals surface area contributed by atoms with E-state index in [2.05, 4.69) is 14.9 Å². The second-order valence-corrected chi connectivity index (χ2v) is 8.39. The third kappa shape index (κ3) is 3.81. The summed E-state index contributed by atoms with van der Waals surface area (Å²) in [6.45, 7) is 1.85. The van der Waals surface area contributed by atoms with E-state index in [4.69, 9.17) is 20.5 Å². The minimum absolute atomic E-state index is 0.00430. The fourth-order valence-corrected chi connectivity index (χ4v) is 4.02. The van der Waals surface area contributed by atoms with E-state index < -0.39 is 21.6 Å². The van der Waals surface area contributed by atoms with Crippen molar-refractivity contribution in [2.45, 2.75) is 24.8 Å². The summed E-state index contributed by atoms with van der Waals surface area (Å²) in [5.41, 5.74) is 0.125. The molecule has 2 heterocycles. The lowest BCUT2D eigenvalue weighted by Crippen LogP contribution is -2.16. The van der Waals surface area contributed by atoms with Gasteiger partial charge in [0.25, 0.3) is 10.0 Å². The lowest BCUT2D eigenvalue weighted by molar-refractivity contribution is 0.375. The molecule has 0 bridgehead atoms. The molecule has 9 nitrogen and oxygen atoms in total. The van der Waals surface area contributed by atoms with Crippen LogP contribution in [0.4, 0.5) is 10.1 Å². The predicted octanol–water partition coefficient (Wildman–Crippen LogP) is 3.18. The number of hydrogen-bond donors (Lipinski definition) is 1. The van der Waals surface area contributed by atoms with Gasteiger partial charge in [-0.3, -0.25) is 9.29 Å². The number of nitrogens with one attached hydrogen (secondary N) is 1. The number of anilines is 1. The first kappa shape index (κ1) is 20.1. The molecule has 0 saturated carbocycles. The summed E-state index contributed by atoms with van der Waals surface area (Å²) < 4.78 is 52.8. The first-order chi connectivity index (χ1) is 14.3. The number of aryl methyl sites for hydroxylation is 1. The molecule has 0 radical (unpaired) electrons. The van der Waals surface area contributed by atoms with Crippen molar-refractivity contribution in [3.05, 3.63) is 69.5 Å². The highest BCUT2D eigenvalue weighted by molar-refractivity contribution is 7.92. The molecule has 0 spiro atoms. The van der Waals surface area contributed by atoms with E-state index in [0.29, 0.717) is 17.8 Å². The normalized spacial score (nSPS) is 11.8. The van der Waals surface area contributed by atoms with Gasteiger partial charge < -0.3 is 8.94 Å². The molecule has 4 rings (SSSR count). The Kier molecular flexibility index (Phi) is 5.08. The van der Waals surface area contributed by atoms with Crippen molar-refractivity contribution in [1.82, 2.24) is 14.7 Å². The number of aromatic nitrogens is 3. The number of sulfonamides is 1. The summed E-state index contributed by atoms with van der Waals surface area (Å²) in [6, 6.07) is 7.42. The minimum Gasteiger partial charge on any atom is -0.408 e. The van der Waals surface area contributed by atoms with Crippen LogP contribution in [0.25, 0.3) is 11.1 Å². The SMILES string of the molecule is CCc1nc(Cn2c(=O)oc3cc(S(=O)(=O)Nc4ccc(Cl)cc4F)ccc32)no1. The summed E-state index contributed by atoms with van der Waals surface area (Å²) in [7, 11) is -4.15. The van der Waals surface area contributed by atoms with Crippen LogP contribution in [0.2, 0.25) is 5.02 Å². The Hall–Kier alpha value is -3.18. The fourth-order valence-electron chi connectivity index (χ4n) is 2.78. The van der Waals surface area contributed by atoms with Gasteiger partial charge in [0.05, 0.1) is 22.6 Å². The number of benzene rings is 2. The molecule has 0 saturated heterocycles. The number of halogens is 2. The summed E-state index contributed by atoms with van der Waals surface area (Å²) in [4.78, 5) is 16.2. The van der Waals surface area contributed by atoms with Gasteiger partial charge in [-0.15, -0.1) is 0 Å². The zero-order chi connectivity index (χ0) is 21.5. The largest absolute Gasteiger partial charge is 0.420 e. The fraction of sp³-hybridized carbons (Fsp3) is 0.167. The molecule has 156 valence electrons. The summed E-state index contributed by atoms with van der Waals surface area (Å²) >= 11 is 5.68. The summed E-state index contributed by atoms with van der Waals surface area (Å²) in [5.74, 6) is -0.816. The predicted molar refractivity (Wildman–Crippen MR) is 105 cm³/mol. The van der Waals surface area contributed by atoms with Crippen molar-refractivity contribution < 1.29 is 21.7 Å². The van der Waals surface area contributed by atoms with Gasteiger partial charge >= 0.3 is 5.76 Å². The third-order valence-electron chi connectivity index (χ3n) is 4.24. The molecule has 0 unspecified atom stereocenters. The lowest BCUT2D eigenvalue weighted by Gasteiger charge is -2.09. The second-order valence-electron chi connectivity index (χ2n) is 6.27. The van der Waals surface area contributed by atoms with E-state index >= 15 is 0 Å². The van der Waals surface area contributed by atoms with E-state index in [1.807, 2.05) is 6.92 Å². The quantitative estimate of drug-likeness (QED) is 0.477. The molecule has 0 fully saturated rings. The van der Waals surface area contributed by atoms with Crippen LogP contribution in [0.3, 0.4) is 0 Å². The van der Waals surface area contributed by atoms with Crippen LogP contribution in [-0.4, -0.2) is 23.1 Å². The Morgan fingerprint density at radius 1 is 1.23 bits per heavy atom. The van der Waals surface area contributed by atoms with Crippen LogP contribution in [0.5, 0.6) is 0 Å². The number of oxazole rings is 1. The van der Waals surface area contributed by atoms with Crippen LogP contribution < -0.4 is 10.5 Å². The number of rotatable bonds is 6. The molecule has 0 aliphatic carbocycles. The molecule has 2 aromatic heterocycles. The Morgan fingerprint density at radius 2 is 2.03 bits per heavy atom. The first-order valence-corrected chi connectivity index (χ1v) is 10.6. The van der Waals surface area contributed by atoms with Crippen LogP contribution >= 0.6 is 11.6 Å². The van der Waals surface area contributed by atoms with E-state index in [1.54, 1.807) is 0 Å². The van der Waals surface area contributed by atoms with E-state index in [1.165, 1.54) is 34.9 Å². The van der Waals surface area contributed by atoms with Crippen molar-refractivity contribution in [3.8, 4) is 0 Å². The van der Waals surface area contributed by atoms with E-state index in [-0.39, 0.29) is 33.6 Å². The molecular weight excluding hydrogens is 439 g/mol. The zero-order valence-corrected chi connectivity index (χ0v) is 17.0. The first-order valence-electron chi connectivity index (χ1n) is 8.69. The molecule has 1 N–H and O–H groups in total. The highest BCUT2D eigenvalue weighted by atomic mass is 35.5. The molecular formula is C18H14ClFN4O5S. The topological polar surface area (TPSA) is 120 Å². The zero-order valence-electron chi connectivity index (χ0n) is 15.4. The van der Waals surface area contributed by atoms with E-state index in [0.717, 1.165) is 6.07 Å².